The Morgan fingerprint density at radius 1 is 1.91 bits per heavy atom. The van der Waals surface area contributed by atoms with Gasteiger partial charge >= 0.3 is 0 Å². The van der Waals surface area contributed by atoms with Crippen molar-refractivity contribution >= 4 is 0 Å². The van der Waals surface area contributed by atoms with Crippen molar-refractivity contribution in [2.45, 2.75) is 25.9 Å². The predicted molar refractivity (Wildman–Crippen MR) is 41.9 cm³/mol. The normalized spacial score (nSPS) is 21.9. The number of nitrogens with zero attached hydrogens (tertiary/aromatic N) is 3. The maximum absolute atomic E-state index is 8.04. The minimum atomic E-state index is 0.0841. The SMILES string of the molecule is CCC1=COC(CN=[N+]=[N-])C1. The fourth-order valence-electron chi connectivity index (χ4n) is 1.04. The molecule has 4 heteroatoms. The molecule has 0 aromatic rings. The van der Waals surface area contributed by atoms with E-state index in [0.29, 0.717) is 6.54 Å². The Morgan fingerprint density at radius 3 is 3.27 bits per heavy atom. The van der Waals surface area contributed by atoms with Gasteiger partial charge in [0.2, 0.25) is 0 Å². The molecule has 0 spiro atoms. The van der Waals surface area contributed by atoms with E-state index in [2.05, 4.69) is 16.9 Å². The highest BCUT2D eigenvalue weighted by Gasteiger charge is 2.15. The summed E-state index contributed by atoms with van der Waals surface area (Å²) >= 11 is 0. The van der Waals surface area contributed by atoms with Gasteiger partial charge in [0.1, 0.15) is 6.10 Å². The second-order valence-electron chi connectivity index (χ2n) is 2.51. The van der Waals surface area contributed by atoms with Gasteiger partial charge in [-0.15, -0.1) is 0 Å². The number of hydrogen-bond acceptors (Lipinski definition) is 2. The van der Waals surface area contributed by atoms with Crippen LogP contribution in [0.4, 0.5) is 0 Å². The van der Waals surface area contributed by atoms with Crippen molar-refractivity contribution in [2.24, 2.45) is 5.11 Å². The standard InChI is InChI=1S/C7H11N3O/c1-2-6-3-7(11-5-6)4-9-10-8/h5,7H,2-4H2,1H3. The lowest BCUT2D eigenvalue weighted by Crippen LogP contribution is -2.08. The van der Waals surface area contributed by atoms with Crippen LogP contribution in [0, 0.1) is 0 Å². The van der Waals surface area contributed by atoms with E-state index >= 15 is 0 Å². The Bertz CT molecular complexity index is 206. The van der Waals surface area contributed by atoms with Gasteiger partial charge in [-0.2, -0.15) is 0 Å². The summed E-state index contributed by atoms with van der Waals surface area (Å²) in [6, 6.07) is 0. The molecule has 0 aromatic carbocycles. The van der Waals surface area contributed by atoms with Crippen LogP contribution in [0.2, 0.25) is 0 Å². The molecule has 1 aliphatic rings. The fourth-order valence-corrected chi connectivity index (χ4v) is 1.04. The Kier molecular flexibility index (Phi) is 2.81. The van der Waals surface area contributed by atoms with Crippen LogP contribution >= 0.6 is 0 Å². The molecule has 1 heterocycles. The van der Waals surface area contributed by atoms with Crippen molar-refractivity contribution in [1.29, 1.82) is 0 Å². The molecule has 60 valence electrons. The van der Waals surface area contributed by atoms with E-state index in [0.717, 1.165) is 12.8 Å². The zero-order chi connectivity index (χ0) is 8.10. The Hall–Kier alpha value is -1.15. The molecule has 1 atom stereocenters. The molecule has 4 nitrogen and oxygen atoms in total. The third kappa shape index (κ3) is 2.16. The number of rotatable bonds is 3. The molecule has 0 bridgehead atoms. The molecule has 11 heavy (non-hydrogen) atoms. The summed E-state index contributed by atoms with van der Waals surface area (Å²) < 4.78 is 5.23. The molecule has 0 fully saturated rings. The second-order valence-corrected chi connectivity index (χ2v) is 2.51. The van der Waals surface area contributed by atoms with E-state index < -0.39 is 0 Å². The highest BCUT2D eigenvalue weighted by Crippen LogP contribution is 2.20. The summed E-state index contributed by atoms with van der Waals surface area (Å²) in [5.74, 6) is 0. The van der Waals surface area contributed by atoms with Crippen molar-refractivity contribution in [3.63, 3.8) is 0 Å². The Morgan fingerprint density at radius 2 is 2.73 bits per heavy atom. The first kappa shape index (κ1) is 7.95. The fraction of sp³-hybridized carbons (Fsp3) is 0.714. The minimum absolute atomic E-state index is 0.0841. The summed E-state index contributed by atoms with van der Waals surface area (Å²) in [7, 11) is 0. The third-order valence-electron chi connectivity index (χ3n) is 1.72. The van der Waals surface area contributed by atoms with Crippen LogP contribution in [0.3, 0.4) is 0 Å². The Labute approximate surface area is 65.5 Å². The van der Waals surface area contributed by atoms with Crippen LogP contribution in [0.15, 0.2) is 16.9 Å². The van der Waals surface area contributed by atoms with E-state index in [1.165, 1.54) is 5.57 Å². The van der Waals surface area contributed by atoms with E-state index in [4.69, 9.17) is 10.3 Å². The molecule has 0 saturated carbocycles. The van der Waals surface area contributed by atoms with Crippen molar-refractivity contribution in [1.82, 2.24) is 0 Å². The quantitative estimate of drug-likeness (QED) is 0.349. The molecule has 1 rings (SSSR count). The molecule has 0 amide bonds. The van der Waals surface area contributed by atoms with Crippen molar-refractivity contribution < 1.29 is 4.74 Å². The van der Waals surface area contributed by atoms with Crippen LogP contribution in [0.1, 0.15) is 19.8 Å². The zero-order valence-electron chi connectivity index (χ0n) is 6.53. The maximum atomic E-state index is 8.04. The second kappa shape index (κ2) is 3.88. The van der Waals surface area contributed by atoms with Gasteiger partial charge in [-0.1, -0.05) is 12.0 Å². The highest BCUT2D eigenvalue weighted by molar-refractivity contribution is 5.04. The average Bonchev–Trinajstić information content (AvgIpc) is 2.48. The molecule has 0 aromatic heterocycles. The first-order valence-electron chi connectivity index (χ1n) is 3.71. The van der Waals surface area contributed by atoms with Crippen LogP contribution in [-0.2, 0) is 4.74 Å². The van der Waals surface area contributed by atoms with Gasteiger partial charge in [0.05, 0.1) is 12.8 Å². The molecule has 1 unspecified atom stereocenters. The number of ether oxygens (including phenoxy) is 1. The van der Waals surface area contributed by atoms with Gasteiger partial charge in [-0.3, -0.25) is 0 Å². The molecular formula is C7H11N3O. The summed E-state index contributed by atoms with van der Waals surface area (Å²) in [5, 5.41) is 3.44. The summed E-state index contributed by atoms with van der Waals surface area (Å²) in [6.45, 7) is 2.53. The lowest BCUT2D eigenvalue weighted by molar-refractivity contribution is 0.178. The average molecular weight is 153 g/mol. The van der Waals surface area contributed by atoms with Crippen LogP contribution < -0.4 is 0 Å². The first-order valence-corrected chi connectivity index (χ1v) is 3.71. The summed E-state index contributed by atoms with van der Waals surface area (Å²) in [6.07, 6.45) is 3.79. The third-order valence-corrected chi connectivity index (χ3v) is 1.72. The van der Waals surface area contributed by atoms with Crippen molar-refractivity contribution in [3.05, 3.63) is 22.3 Å². The maximum Gasteiger partial charge on any atom is 0.107 e. The smallest absolute Gasteiger partial charge is 0.107 e. The van der Waals surface area contributed by atoms with Crippen LogP contribution in [0.5, 0.6) is 0 Å². The van der Waals surface area contributed by atoms with E-state index in [-0.39, 0.29) is 6.10 Å². The molecule has 0 radical (unpaired) electrons. The number of azide groups is 1. The summed E-state index contributed by atoms with van der Waals surface area (Å²) in [4.78, 5) is 2.67. The summed E-state index contributed by atoms with van der Waals surface area (Å²) in [5.41, 5.74) is 9.33. The Balaban J connectivity index is 2.29. The van der Waals surface area contributed by atoms with Gasteiger partial charge in [0, 0.05) is 11.3 Å². The van der Waals surface area contributed by atoms with E-state index in [1.807, 2.05) is 0 Å². The van der Waals surface area contributed by atoms with Gasteiger partial charge < -0.3 is 4.74 Å². The van der Waals surface area contributed by atoms with Gasteiger partial charge in [0.25, 0.3) is 0 Å². The van der Waals surface area contributed by atoms with Crippen molar-refractivity contribution in [3.8, 4) is 0 Å². The van der Waals surface area contributed by atoms with E-state index in [9.17, 15) is 0 Å². The van der Waals surface area contributed by atoms with Gasteiger partial charge in [-0.05, 0) is 17.5 Å². The topological polar surface area (TPSA) is 58.0 Å². The van der Waals surface area contributed by atoms with E-state index in [1.54, 1.807) is 6.26 Å². The molecule has 1 aliphatic heterocycles. The number of hydrogen-bond donors (Lipinski definition) is 0. The van der Waals surface area contributed by atoms with Gasteiger partial charge in [0.15, 0.2) is 0 Å². The monoisotopic (exact) mass is 153 g/mol. The molecule has 0 saturated heterocycles. The van der Waals surface area contributed by atoms with Crippen LogP contribution in [-0.4, -0.2) is 12.6 Å². The highest BCUT2D eigenvalue weighted by atomic mass is 16.5. The molecular weight excluding hydrogens is 142 g/mol. The largest absolute Gasteiger partial charge is 0.498 e. The first-order chi connectivity index (χ1) is 5.36. The van der Waals surface area contributed by atoms with Crippen LogP contribution in [0.25, 0.3) is 10.4 Å². The lowest BCUT2D eigenvalue weighted by atomic mass is 10.1. The van der Waals surface area contributed by atoms with Crippen molar-refractivity contribution in [2.75, 3.05) is 6.54 Å². The minimum Gasteiger partial charge on any atom is -0.498 e. The van der Waals surface area contributed by atoms with Gasteiger partial charge in [-0.25, -0.2) is 0 Å². The predicted octanol–water partition coefficient (Wildman–Crippen LogP) is 2.38. The zero-order valence-corrected chi connectivity index (χ0v) is 6.53. The lowest BCUT2D eigenvalue weighted by Gasteiger charge is -2.04. The molecule has 0 aliphatic carbocycles. The molecule has 0 N–H and O–H groups in total.